The number of ether oxygens (including phenoxy) is 1. The Hall–Kier alpha value is -2.09. The Labute approximate surface area is 133 Å². The molecule has 0 N–H and O–H groups in total. The van der Waals surface area contributed by atoms with Gasteiger partial charge in [0.15, 0.2) is 0 Å². The van der Waals surface area contributed by atoms with Crippen LogP contribution in [0.4, 0.5) is 0 Å². The fourth-order valence-corrected chi connectivity index (χ4v) is 3.00. The monoisotopic (exact) mass is 296 g/mol. The molecule has 0 saturated carbocycles. The van der Waals surface area contributed by atoms with Crippen molar-refractivity contribution >= 4 is 5.97 Å². The molecule has 1 unspecified atom stereocenters. The molecule has 0 fully saturated rings. The van der Waals surface area contributed by atoms with Crippen LogP contribution in [0, 0.1) is 19.8 Å². The van der Waals surface area contributed by atoms with Gasteiger partial charge in [-0.1, -0.05) is 55.5 Å². The van der Waals surface area contributed by atoms with Gasteiger partial charge < -0.3 is 4.74 Å². The zero-order valence-electron chi connectivity index (χ0n) is 13.8. The summed E-state index contributed by atoms with van der Waals surface area (Å²) in [6.45, 7) is 8.32. The Bertz CT molecular complexity index is 600. The van der Waals surface area contributed by atoms with Crippen LogP contribution in [-0.2, 0) is 9.53 Å². The molecule has 0 spiro atoms. The molecule has 2 heteroatoms. The van der Waals surface area contributed by atoms with E-state index in [0.29, 0.717) is 6.61 Å². The molecule has 2 aromatic carbocycles. The number of hydrogen-bond donors (Lipinski definition) is 0. The van der Waals surface area contributed by atoms with E-state index in [1.165, 1.54) is 29.2 Å². The van der Waals surface area contributed by atoms with Crippen molar-refractivity contribution in [3.8, 4) is 0 Å². The highest BCUT2D eigenvalue weighted by Gasteiger charge is 2.24. The average molecular weight is 296 g/mol. The molecule has 1 atom stereocenters. The van der Waals surface area contributed by atoms with Gasteiger partial charge in [0.25, 0.3) is 0 Å². The molecule has 22 heavy (non-hydrogen) atoms. The number of carbonyl (C=O) groups is 1. The highest BCUT2D eigenvalue weighted by molar-refractivity contribution is 5.65. The predicted molar refractivity (Wildman–Crippen MR) is 90.0 cm³/mol. The van der Waals surface area contributed by atoms with Crippen molar-refractivity contribution in [1.29, 1.82) is 0 Å². The van der Waals surface area contributed by atoms with Crippen molar-refractivity contribution in [3.63, 3.8) is 0 Å². The van der Waals surface area contributed by atoms with Gasteiger partial charge >= 0.3 is 5.97 Å². The van der Waals surface area contributed by atoms with E-state index in [1.807, 2.05) is 0 Å². The molecule has 116 valence electrons. The second kappa shape index (κ2) is 7.26. The first-order valence-corrected chi connectivity index (χ1v) is 7.75. The number of hydrogen-bond acceptors (Lipinski definition) is 2. The maximum absolute atomic E-state index is 11.2. The first-order valence-electron chi connectivity index (χ1n) is 7.75. The average Bonchev–Trinajstić information content (AvgIpc) is 2.49. The maximum Gasteiger partial charge on any atom is 0.302 e. The quantitative estimate of drug-likeness (QED) is 0.752. The first kappa shape index (κ1) is 16.3. The standard InChI is InChI=1S/C20H24O2/c1-14-9-5-7-11-18(14)20(16(3)13-22-17(4)21)19-12-8-6-10-15(19)2/h5-12,16,20H,13H2,1-4H3. The summed E-state index contributed by atoms with van der Waals surface area (Å²) in [5.74, 6) is 0.216. The van der Waals surface area contributed by atoms with E-state index in [-0.39, 0.29) is 17.8 Å². The zero-order valence-corrected chi connectivity index (χ0v) is 13.8. The molecule has 0 aliphatic heterocycles. The molecule has 0 saturated heterocycles. The van der Waals surface area contributed by atoms with Crippen LogP contribution in [0.15, 0.2) is 48.5 Å². The number of benzene rings is 2. The van der Waals surface area contributed by atoms with Gasteiger partial charge in [0.1, 0.15) is 0 Å². The van der Waals surface area contributed by atoms with Gasteiger partial charge in [-0.05, 0) is 36.1 Å². The lowest BCUT2D eigenvalue weighted by Crippen LogP contribution is -2.20. The lowest BCUT2D eigenvalue weighted by Gasteiger charge is -2.27. The molecule has 2 nitrogen and oxygen atoms in total. The second-order valence-corrected chi connectivity index (χ2v) is 5.97. The van der Waals surface area contributed by atoms with Gasteiger partial charge in [-0.2, -0.15) is 0 Å². The molecule has 0 aromatic heterocycles. The van der Waals surface area contributed by atoms with Crippen LogP contribution in [0.3, 0.4) is 0 Å². The summed E-state index contributed by atoms with van der Waals surface area (Å²) in [5.41, 5.74) is 5.14. The molecule has 0 aliphatic rings. The van der Waals surface area contributed by atoms with E-state index in [1.54, 1.807) is 0 Å². The maximum atomic E-state index is 11.2. The summed E-state index contributed by atoms with van der Waals surface area (Å²) < 4.78 is 5.27. The van der Waals surface area contributed by atoms with Crippen LogP contribution in [0.2, 0.25) is 0 Å². The molecule has 0 radical (unpaired) electrons. The summed E-state index contributed by atoms with van der Waals surface area (Å²) in [7, 11) is 0. The SMILES string of the molecule is CC(=O)OCC(C)C(c1ccccc1C)c1ccccc1C. The van der Waals surface area contributed by atoms with Crippen molar-refractivity contribution in [2.75, 3.05) is 6.61 Å². The Kier molecular flexibility index (Phi) is 5.37. The van der Waals surface area contributed by atoms with Gasteiger partial charge in [-0.3, -0.25) is 4.79 Å². The minimum Gasteiger partial charge on any atom is -0.466 e. The summed E-state index contributed by atoms with van der Waals surface area (Å²) in [5, 5.41) is 0. The molecular weight excluding hydrogens is 272 g/mol. The van der Waals surface area contributed by atoms with Crippen LogP contribution >= 0.6 is 0 Å². The fourth-order valence-electron chi connectivity index (χ4n) is 3.00. The van der Waals surface area contributed by atoms with E-state index < -0.39 is 0 Å². The molecule has 0 heterocycles. The number of carbonyl (C=O) groups excluding carboxylic acids is 1. The van der Waals surface area contributed by atoms with E-state index in [2.05, 4.69) is 69.3 Å². The van der Waals surface area contributed by atoms with Crippen molar-refractivity contribution < 1.29 is 9.53 Å². The third kappa shape index (κ3) is 3.76. The van der Waals surface area contributed by atoms with Gasteiger partial charge in [-0.25, -0.2) is 0 Å². The minimum atomic E-state index is -0.222. The van der Waals surface area contributed by atoms with E-state index in [4.69, 9.17) is 4.74 Å². The molecule has 2 rings (SSSR count). The summed E-state index contributed by atoms with van der Waals surface area (Å²) >= 11 is 0. The van der Waals surface area contributed by atoms with Crippen LogP contribution in [0.5, 0.6) is 0 Å². The number of esters is 1. The third-order valence-electron chi connectivity index (χ3n) is 4.17. The van der Waals surface area contributed by atoms with Gasteiger partial charge in [0.05, 0.1) is 6.61 Å². The summed E-state index contributed by atoms with van der Waals surface area (Å²) in [4.78, 5) is 11.2. The first-order chi connectivity index (χ1) is 10.5. The predicted octanol–water partition coefficient (Wildman–Crippen LogP) is 4.63. The minimum absolute atomic E-state index is 0.214. The summed E-state index contributed by atoms with van der Waals surface area (Å²) in [6, 6.07) is 16.9. The number of rotatable bonds is 5. The fraction of sp³-hybridized carbons (Fsp3) is 0.350. The van der Waals surface area contributed by atoms with Gasteiger partial charge in [0, 0.05) is 18.8 Å². The molecule has 0 amide bonds. The Morgan fingerprint density at radius 1 is 0.955 bits per heavy atom. The second-order valence-electron chi connectivity index (χ2n) is 5.97. The van der Waals surface area contributed by atoms with Crippen LogP contribution in [-0.4, -0.2) is 12.6 Å². The highest BCUT2D eigenvalue weighted by Crippen LogP contribution is 2.35. The molecule has 2 aromatic rings. The van der Waals surface area contributed by atoms with E-state index >= 15 is 0 Å². The van der Waals surface area contributed by atoms with Crippen molar-refractivity contribution in [3.05, 3.63) is 70.8 Å². The van der Waals surface area contributed by atoms with Gasteiger partial charge in [-0.15, -0.1) is 0 Å². The topological polar surface area (TPSA) is 26.3 Å². The third-order valence-corrected chi connectivity index (χ3v) is 4.17. The lowest BCUT2D eigenvalue weighted by molar-refractivity contribution is -0.142. The van der Waals surface area contributed by atoms with E-state index in [9.17, 15) is 4.79 Å². The van der Waals surface area contributed by atoms with Crippen molar-refractivity contribution in [2.24, 2.45) is 5.92 Å². The Morgan fingerprint density at radius 2 is 1.41 bits per heavy atom. The van der Waals surface area contributed by atoms with Crippen LogP contribution in [0.25, 0.3) is 0 Å². The smallest absolute Gasteiger partial charge is 0.302 e. The van der Waals surface area contributed by atoms with Crippen LogP contribution < -0.4 is 0 Å². The van der Waals surface area contributed by atoms with Crippen molar-refractivity contribution in [2.45, 2.75) is 33.6 Å². The molecule has 0 aliphatic carbocycles. The molecular formula is C20H24O2. The zero-order chi connectivity index (χ0) is 16.1. The largest absolute Gasteiger partial charge is 0.466 e. The van der Waals surface area contributed by atoms with Gasteiger partial charge in [0.2, 0.25) is 0 Å². The Morgan fingerprint density at radius 3 is 1.82 bits per heavy atom. The lowest BCUT2D eigenvalue weighted by atomic mass is 9.78. The van der Waals surface area contributed by atoms with E-state index in [0.717, 1.165) is 0 Å². The summed E-state index contributed by atoms with van der Waals surface area (Å²) in [6.07, 6.45) is 0. The highest BCUT2D eigenvalue weighted by atomic mass is 16.5. The Balaban J connectivity index is 2.43. The molecule has 0 bridgehead atoms. The normalized spacial score (nSPS) is 12.2. The van der Waals surface area contributed by atoms with Crippen LogP contribution in [0.1, 0.15) is 42.0 Å². The number of aryl methyl sites for hydroxylation is 2. The van der Waals surface area contributed by atoms with Crippen molar-refractivity contribution in [1.82, 2.24) is 0 Å².